The van der Waals surface area contributed by atoms with Crippen LogP contribution in [0.4, 0.5) is 5.82 Å². The first-order valence-electron chi connectivity index (χ1n) is 10.5. The van der Waals surface area contributed by atoms with Crippen molar-refractivity contribution in [3.05, 3.63) is 51.4 Å². The van der Waals surface area contributed by atoms with Gasteiger partial charge in [-0.25, -0.2) is 9.97 Å². The highest BCUT2D eigenvalue weighted by atomic mass is 35.5. The van der Waals surface area contributed by atoms with Crippen molar-refractivity contribution in [1.82, 2.24) is 20.3 Å². The molecule has 0 spiro atoms. The van der Waals surface area contributed by atoms with Gasteiger partial charge in [-0.2, -0.15) is 0 Å². The van der Waals surface area contributed by atoms with E-state index in [2.05, 4.69) is 28.2 Å². The first-order valence-corrected chi connectivity index (χ1v) is 10.9. The average molecular weight is 423 g/mol. The lowest BCUT2D eigenvalue weighted by molar-refractivity contribution is 0.0965. The van der Waals surface area contributed by atoms with Gasteiger partial charge in [-0.1, -0.05) is 30.7 Å². The monoisotopic (exact) mass is 422 g/mol. The minimum Gasteiger partial charge on any atom is -0.355 e. The van der Waals surface area contributed by atoms with Crippen LogP contribution in [-0.4, -0.2) is 40.0 Å². The van der Waals surface area contributed by atoms with E-state index >= 15 is 0 Å². The number of nitrogens with two attached hydrogens (primary N) is 1. The Kier molecular flexibility index (Phi) is 3.89. The topological polar surface area (TPSA) is 99.9 Å². The van der Waals surface area contributed by atoms with E-state index in [4.69, 9.17) is 27.3 Å². The highest BCUT2D eigenvalue weighted by molar-refractivity contribution is 6.37. The van der Waals surface area contributed by atoms with Gasteiger partial charge < -0.3 is 20.9 Å². The maximum Gasteiger partial charge on any atom is 0.251 e. The summed E-state index contributed by atoms with van der Waals surface area (Å²) < 4.78 is 0. The number of hydrogen-bond donors (Lipinski definition) is 3. The third-order valence-corrected chi connectivity index (χ3v) is 7.24. The normalized spacial score (nSPS) is 24.3. The Morgan fingerprint density at radius 2 is 2.07 bits per heavy atom. The molecule has 2 fully saturated rings. The van der Waals surface area contributed by atoms with Crippen LogP contribution < -0.4 is 16.0 Å². The molecule has 0 radical (unpaired) electrons. The predicted octanol–water partition coefficient (Wildman–Crippen LogP) is 2.40. The SMILES string of the molecule is CCc1[nH]c2nc(Cc3ccc4c(c3)C(=O)NC4)nc(N3CC4C(N)C4C3)c2c1Cl. The molecule has 2 atom stereocenters. The van der Waals surface area contributed by atoms with Crippen LogP contribution in [0.2, 0.25) is 5.02 Å². The zero-order chi connectivity index (χ0) is 20.6. The van der Waals surface area contributed by atoms with Crippen LogP contribution in [0.1, 0.15) is 39.9 Å². The minimum atomic E-state index is -0.0136. The Hall–Kier alpha value is -2.64. The number of aromatic nitrogens is 3. The number of halogens is 1. The zero-order valence-corrected chi connectivity index (χ0v) is 17.5. The Bertz CT molecular complexity index is 1190. The maximum atomic E-state index is 12.0. The van der Waals surface area contributed by atoms with Crippen molar-refractivity contribution in [2.24, 2.45) is 17.6 Å². The van der Waals surface area contributed by atoms with Crippen LogP contribution in [0.3, 0.4) is 0 Å². The van der Waals surface area contributed by atoms with Crippen LogP contribution in [0, 0.1) is 11.8 Å². The van der Waals surface area contributed by atoms with E-state index in [1.54, 1.807) is 0 Å². The highest BCUT2D eigenvalue weighted by Crippen LogP contribution is 2.46. The number of benzene rings is 1. The van der Waals surface area contributed by atoms with E-state index in [1.165, 1.54) is 0 Å². The molecule has 7 nitrogen and oxygen atoms in total. The number of hydrogen-bond acceptors (Lipinski definition) is 5. The molecule has 3 aliphatic rings. The third kappa shape index (κ3) is 2.65. The first kappa shape index (κ1) is 18.2. The van der Waals surface area contributed by atoms with Gasteiger partial charge in [-0.05, 0) is 35.4 Å². The van der Waals surface area contributed by atoms with E-state index in [-0.39, 0.29) is 5.91 Å². The Morgan fingerprint density at radius 3 is 2.83 bits per heavy atom. The lowest BCUT2D eigenvalue weighted by Gasteiger charge is -2.21. The number of carbonyl (C=O) groups excluding carboxylic acids is 1. The van der Waals surface area contributed by atoms with Crippen molar-refractivity contribution in [1.29, 1.82) is 0 Å². The standard InChI is InChI=1S/C22H23ClN6O/c1-2-15-18(23)17-20(26-15)27-16(28-21(17)29-8-13-14(9-29)19(13)24)6-10-3-4-11-7-25-22(30)12(11)5-10/h3-5,13-14,19H,2,6-9,24H2,1H3,(H,25,30)(H,26,27,28). The molecule has 2 aliphatic heterocycles. The van der Waals surface area contributed by atoms with Crippen LogP contribution in [0.25, 0.3) is 11.0 Å². The smallest absolute Gasteiger partial charge is 0.251 e. The number of amides is 1. The second-order valence-electron chi connectivity index (χ2n) is 8.62. The van der Waals surface area contributed by atoms with Crippen LogP contribution in [-0.2, 0) is 19.4 Å². The largest absolute Gasteiger partial charge is 0.355 e. The second-order valence-corrected chi connectivity index (χ2v) is 9.00. The summed E-state index contributed by atoms with van der Waals surface area (Å²) in [6.45, 7) is 4.50. The summed E-state index contributed by atoms with van der Waals surface area (Å²) in [6.07, 6.45) is 1.36. The molecule has 30 heavy (non-hydrogen) atoms. The number of nitrogens with zero attached hydrogens (tertiary/aromatic N) is 3. The molecule has 4 N–H and O–H groups in total. The number of aryl methyl sites for hydroxylation is 1. The molecule has 154 valence electrons. The number of anilines is 1. The van der Waals surface area contributed by atoms with Crippen LogP contribution in [0.5, 0.6) is 0 Å². The summed E-state index contributed by atoms with van der Waals surface area (Å²) >= 11 is 6.70. The molecular weight excluding hydrogens is 400 g/mol. The van der Waals surface area contributed by atoms with Crippen molar-refractivity contribution in [3.8, 4) is 0 Å². The molecule has 6 rings (SSSR count). The lowest BCUT2D eigenvalue weighted by Crippen LogP contribution is -2.29. The van der Waals surface area contributed by atoms with Gasteiger partial charge in [0.25, 0.3) is 5.91 Å². The van der Waals surface area contributed by atoms with Crippen molar-refractivity contribution in [2.75, 3.05) is 18.0 Å². The highest BCUT2D eigenvalue weighted by Gasteiger charge is 2.54. The van der Waals surface area contributed by atoms with Crippen molar-refractivity contribution in [3.63, 3.8) is 0 Å². The van der Waals surface area contributed by atoms with Gasteiger partial charge in [-0.15, -0.1) is 0 Å². The average Bonchev–Trinajstić information content (AvgIpc) is 3.15. The minimum absolute atomic E-state index is 0.0136. The van der Waals surface area contributed by atoms with E-state index in [1.807, 2.05) is 12.1 Å². The fraction of sp³-hybridized carbons (Fsp3) is 0.409. The van der Waals surface area contributed by atoms with Gasteiger partial charge in [0.15, 0.2) is 0 Å². The summed E-state index contributed by atoms with van der Waals surface area (Å²) in [5.41, 5.74) is 10.7. The third-order valence-electron chi connectivity index (χ3n) is 6.82. The number of rotatable bonds is 4. The molecular formula is C22H23ClN6O. The van der Waals surface area contributed by atoms with Gasteiger partial charge in [0, 0.05) is 43.4 Å². The van der Waals surface area contributed by atoms with E-state index in [0.29, 0.717) is 35.9 Å². The van der Waals surface area contributed by atoms with Crippen LogP contribution in [0.15, 0.2) is 18.2 Å². The second kappa shape index (κ2) is 6.43. The number of nitrogens with one attached hydrogen (secondary N) is 2. The zero-order valence-electron chi connectivity index (χ0n) is 16.7. The van der Waals surface area contributed by atoms with Crippen molar-refractivity contribution >= 4 is 34.4 Å². The fourth-order valence-electron chi connectivity index (χ4n) is 4.98. The molecule has 2 unspecified atom stereocenters. The van der Waals surface area contributed by atoms with E-state index < -0.39 is 0 Å². The molecule has 4 heterocycles. The number of piperidine rings is 1. The van der Waals surface area contributed by atoms with Gasteiger partial charge in [0.1, 0.15) is 17.3 Å². The van der Waals surface area contributed by atoms with Gasteiger partial charge in [0.2, 0.25) is 0 Å². The molecule has 2 aromatic heterocycles. The summed E-state index contributed by atoms with van der Waals surface area (Å²) in [5.74, 6) is 2.71. The van der Waals surface area contributed by atoms with Crippen molar-refractivity contribution < 1.29 is 4.79 Å². The Labute approximate surface area is 179 Å². The van der Waals surface area contributed by atoms with Crippen LogP contribution >= 0.6 is 11.6 Å². The number of fused-ring (bicyclic) bond motifs is 3. The molecule has 1 aliphatic carbocycles. The molecule has 1 saturated carbocycles. The lowest BCUT2D eigenvalue weighted by atomic mass is 10.0. The van der Waals surface area contributed by atoms with Gasteiger partial charge in [-0.3, -0.25) is 4.79 Å². The molecule has 3 aromatic rings. The Morgan fingerprint density at radius 1 is 1.27 bits per heavy atom. The van der Waals surface area contributed by atoms with Gasteiger partial charge >= 0.3 is 0 Å². The molecule has 0 bridgehead atoms. The Balaban J connectivity index is 1.41. The fourth-order valence-corrected chi connectivity index (χ4v) is 5.34. The van der Waals surface area contributed by atoms with Crippen molar-refractivity contribution in [2.45, 2.75) is 32.4 Å². The molecule has 1 aromatic carbocycles. The maximum absolute atomic E-state index is 12.0. The summed E-state index contributed by atoms with van der Waals surface area (Å²) in [4.78, 5) is 27.5. The molecule has 1 saturated heterocycles. The van der Waals surface area contributed by atoms with E-state index in [0.717, 1.165) is 64.6 Å². The molecule has 8 heteroatoms. The van der Waals surface area contributed by atoms with E-state index in [9.17, 15) is 4.79 Å². The first-order chi connectivity index (χ1) is 14.5. The number of carbonyl (C=O) groups is 1. The summed E-state index contributed by atoms with van der Waals surface area (Å²) in [7, 11) is 0. The predicted molar refractivity (Wildman–Crippen MR) is 116 cm³/mol. The quantitative estimate of drug-likeness (QED) is 0.599. The summed E-state index contributed by atoms with van der Waals surface area (Å²) in [6, 6.07) is 6.34. The molecule has 1 amide bonds. The number of H-pyrrole nitrogens is 1. The van der Waals surface area contributed by atoms with Gasteiger partial charge in [0.05, 0.1) is 10.4 Å². The summed E-state index contributed by atoms with van der Waals surface area (Å²) in [5, 5.41) is 4.49. The number of aromatic amines is 1.